The molecule has 0 aliphatic carbocycles. The van der Waals surface area contributed by atoms with Gasteiger partial charge in [0.2, 0.25) is 0 Å². The van der Waals surface area contributed by atoms with Crippen molar-refractivity contribution in [2.75, 3.05) is 4.90 Å². The fourth-order valence-electron chi connectivity index (χ4n) is 7.41. The quantitative estimate of drug-likeness (QED) is 0.190. The summed E-state index contributed by atoms with van der Waals surface area (Å²) in [6, 6.07) is 62.0. The lowest BCUT2D eigenvalue weighted by molar-refractivity contribution is 0.668. The Labute approximate surface area is 282 Å². The van der Waals surface area contributed by atoms with E-state index in [0.717, 1.165) is 77.6 Å². The van der Waals surface area contributed by atoms with Gasteiger partial charge in [0.05, 0.1) is 11.4 Å². The van der Waals surface area contributed by atoms with Crippen LogP contribution in [0.3, 0.4) is 0 Å². The van der Waals surface area contributed by atoms with E-state index in [1.807, 2.05) is 24.3 Å². The van der Waals surface area contributed by atoms with E-state index in [0.29, 0.717) is 0 Å². The van der Waals surface area contributed by atoms with Gasteiger partial charge in [-0.1, -0.05) is 127 Å². The molecule has 0 saturated heterocycles. The largest absolute Gasteiger partial charge is 0.456 e. The zero-order chi connectivity index (χ0) is 32.3. The van der Waals surface area contributed by atoms with Crippen LogP contribution in [-0.2, 0) is 0 Å². The van der Waals surface area contributed by atoms with E-state index in [2.05, 4.69) is 157 Å². The molecule has 10 aromatic rings. The molecule has 0 aliphatic rings. The van der Waals surface area contributed by atoms with Crippen molar-refractivity contribution >= 4 is 71.7 Å². The molecule has 0 radical (unpaired) electrons. The number of anilines is 3. The van der Waals surface area contributed by atoms with Gasteiger partial charge in [-0.25, -0.2) is 0 Å². The highest BCUT2D eigenvalue weighted by atomic mass is 16.3. The molecular weight excluding hydrogens is 599 g/mol. The third-order valence-corrected chi connectivity index (χ3v) is 9.65. The molecule has 0 aliphatic heterocycles. The van der Waals surface area contributed by atoms with Crippen molar-refractivity contribution in [1.82, 2.24) is 0 Å². The van der Waals surface area contributed by atoms with Crippen molar-refractivity contribution in [1.29, 1.82) is 0 Å². The van der Waals surface area contributed by atoms with Crippen LogP contribution in [0.25, 0.3) is 76.9 Å². The molecule has 0 unspecified atom stereocenters. The van der Waals surface area contributed by atoms with E-state index in [4.69, 9.17) is 8.83 Å². The number of fused-ring (bicyclic) bond motifs is 7. The predicted octanol–water partition coefficient (Wildman–Crippen LogP) is 13.4. The highest BCUT2D eigenvalue weighted by Gasteiger charge is 2.23. The number of rotatable bonds is 5. The van der Waals surface area contributed by atoms with Gasteiger partial charge in [0.1, 0.15) is 16.7 Å². The minimum Gasteiger partial charge on any atom is -0.456 e. The fourth-order valence-corrected chi connectivity index (χ4v) is 7.41. The molecule has 0 N–H and O–H groups in total. The zero-order valence-corrected chi connectivity index (χ0v) is 26.5. The van der Waals surface area contributed by atoms with Crippen LogP contribution in [0, 0.1) is 0 Å². The maximum Gasteiger partial charge on any atom is 0.159 e. The second kappa shape index (κ2) is 11.0. The molecule has 3 nitrogen and oxygen atoms in total. The first-order chi connectivity index (χ1) is 24.3. The predicted molar refractivity (Wildman–Crippen MR) is 204 cm³/mol. The van der Waals surface area contributed by atoms with Crippen LogP contribution in [0.4, 0.5) is 17.1 Å². The van der Waals surface area contributed by atoms with Crippen molar-refractivity contribution in [2.45, 2.75) is 0 Å². The minimum atomic E-state index is 0.849. The van der Waals surface area contributed by atoms with Crippen LogP contribution in [0.5, 0.6) is 0 Å². The number of nitrogens with zero attached hydrogens (tertiary/aromatic N) is 1. The number of hydrogen-bond donors (Lipinski definition) is 0. The molecule has 2 aromatic heterocycles. The third kappa shape index (κ3) is 4.44. The van der Waals surface area contributed by atoms with E-state index < -0.39 is 0 Å². The Morgan fingerprint density at radius 1 is 0.367 bits per heavy atom. The maximum atomic E-state index is 6.68. The smallest absolute Gasteiger partial charge is 0.159 e. The monoisotopic (exact) mass is 627 g/mol. The molecule has 49 heavy (non-hydrogen) atoms. The lowest BCUT2D eigenvalue weighted by Gasteiger charge is -2.28. The number of furan rings is 2. The molecular formula is C46H29NO2. The van der Waals surface area contributed by atoms with E-state index in [9.17, 15) is 0 Å². The normalized spacial score (nSPS) is 11.7. The molecule has 2 heterocycles. The Hall–Kier alpha value is -6.58. The summed E-state index contributed by atoms with van der Waals surface area (Å²) in [5, 5.41) is 6.86. The van der Waals surface area contributed by atoms with Crippen LogP contribution in [0.2, 0.25) is 0 Å². The summed E-state index contributed by atoms with van der Waals surface area (Å²) in [5.74, 6) is 0. The van der Waals surface area contributed by atoms with Crippen LogP contribution in [-0.4, -0.2) is 0 Å². The molecule has 0 amide bonds. The topological polar surface area (TPSA) is 29.5 Å². The molecule has 230 valence electrons. The summed E-state index contributed by atoms with van der Waals surface area (Å²) in [4.78, 5) is 2.35. The lowest BCUT2D eigenvalue weighted by Crippen LogP contribution is -2.11. The Morgan fingerprint density at radius 3 is 1.92 bits per heavy atom. The van der Waals surface area contributed by atoms with Crippen molar-refractivity contribution < 1.29 is 8.83 Å². The van der Waals surface area contributed by atoms with Crippen LogP contribution in [0.15, 0.2) is 185 Å². The van der Waals surface area contributed by atoms with Gasteiger partial charge in [0.25, 0.3) is 0 Å². The molecule has 0 saturated carbocycles. The van der Waals surface area contributed by atoms with E-state index in [-0.39, 0.29) is 0 Å². The van der Waals surface area contributed by atoms with Crippen LogP contribution >= 0.6 is 0 Å². The summed E-state index contributed by atoms with van der Waals surface area (Å²) in [7, 11) is 0. The molecule has 0 bridgehead atoms. The van der Waals surface area contributed by atoms with E-state index >= 15 is 0 Å². The standard InChI is InChI=1S/C46H29NO2/c1-2-13-31-28-33(27-26-30(31)12-1)32-14-9-15-34(29-32)47(41-22-10-20-38-36-17-4-7-23-42(36)49-46(38)41)40-21-6-3-16-35(40)37-19-11-25-44-45(37)39-18-5-8-24-43(39)48-44/h1-29H. The number of benzene rings is 8. The first-order valence-corrected chi connectivity index (χ1v) is 16.6. The van der Waals surface area contributed by atoms with Crippen molar-refractivity contribution in [3.05, 3.63) is 176 Å². The minimum absolute atomic E-state index is 0.849. The Balaban J connectivity index is 1.25. The summed E-state index contributed by atoms with van der Waals surface area (Å²) in [5.41, 5.74) is 11.1. The highest BCUT2D eigenvalue weighted by Crippen LogP contribution is 2.47. The van der Waals surface area contributed by atoms with Gasteiger partial charge in [0, 0.05) is 32.8 Å². The molecule has 10 rings (SSSR count). The van der Waals surface area contributed by atoms with Crippen molar-refractivity contribution in [2.24, 2.45) is 0 Å². The Bertz CT molecular complexity index is 2860. The molecule has 3 heteroatoms. The van der Waals surface area contributed by atoms with Crippen molar-refractivity contribution in [3.8, 4) is 22.3 Å². The van der Waals surface area contributed by atoms with Crippen LogP contribution < -0.4 is 4.90 Å². The number of para-hydroxylation sites is 4. The molecule has 8 aromatic carbocycles. The second-order valence-electron chi connectivity index (χ2n) is 12.5. The van der Waals surface area contributed by atoms with Gasteiger partial charge in [0.15, 0.2) is 5.58 Å². The Kier molecular flexibility index (Phi) is 6.18. The first-order valence-electron chi connectivity index (χ1n) is 16.6. The van der Waals surface area contributed by atoms with E-state index in [1.54, 1.807) is 0 Å². The summed E-state index contributed by atoms with van der Waals surface area (Å²) >= 11 is 0. The van der Waals surface area contributed by atoms with Gasteiger partial charge in [-0.15, -0.1) is 0 Å². The van der Waals surface area contributed by atoms with Gasteiger partial charge >= 0.3 is 0 Å². The van der Waals surface area contributed by atoms with Gasteiger partial charge < -0.3 is 13.7 Å². The third-order valence-electron chi connectivity index (χ3n) is 9.65. The first kappa shape index (κ1) is 27.5. The fraction of sp³-hybridized carbons (Fsp3) is 0. The van der Waals surface area contributed by atoms with Crippen LogP contribution in [0.1, 0.15) is 0 Å². The highest BCUT2D eigenvalue weighted by molar-refractivity contribution is 6.15. The summed E-state index contributed by atoms with van der Waals surface area (Å²) in [6.45, 7) is 0. The van der Waals surface area contributed by atoms with Gasteiger partial charge in [-0.05, 0) is 76.0 Å². The molecule has 0 spiro atoms. The second-order valence-corrected chi connectivity index (χ2v) is 12.5. The lowest BCUT2D eigenvalue weighted by atomic mass is 9.96. The molecule has 0 atom stereocenters. The van der Waals surface area contributed by atoms with Crippen molar-refractivity contribution in [3.63, 3.8) is 0 Å². The molecule has 0 fully saturated rings. The Morgan fingerprint density at radius 2 is 1.00 bits per heavy atom. The SMILES string of the molecule is c1cc(-c2ccc3ccccc3c2)cc(N(c2ccccc2-c2cccc3oc4ccccc4c23)c2cccc3c2oc2ccccc23)c1. The number of hydrogen-bond acceptors (Lipinski definition) is 3. The van der Waals surface area contributed by atoms with Gasteiger partial charge in [-0.3, -0.25) is 0 Å². The maximum absolute atomic E-state index is 6.68. The zero-order valence-electron chi connectivity index (χ0n) is 26.5. The average Bonchev–Trinajstić information content (AvgIpc) is 3.74. The summed E-state index contributed by atoms with van der Waals surface area (Å²) < 4.78 is 13.0. The van der Waals surface area contributed by atoms with Gasteiger partial charge in [-0.2, -0.15) is 0 Å². The van der Waals surface area contributed by atoms with E-state index in [1.165, 1.54) is 16.3 Å². The average molecular weight is 628 g/mol. The summed E-state index contributed by atoms with van der Waals surface area (Å²) in [6.07, 6.45) is 0.